The first-order chi connectivity index (χ1) is 51.6. The van der Waals surface area contributed by atoms with E-state index in [1.54, 1.807) is 0 Å². The second kappa shape index (κ2) is 25.0. The van der Waals surface area contributed by atoms with Crippen LogP contribution in [0.15, 0.2) is 364 Å². The molecule has 2 aromatic heterocycles. The quantitative estimate of drug-likeness (QED) is 0.141. The summed E-state index contributed by atoms with van der Waals surface area (Å²) in [6, 6.07) is 129. The fourth-order valence-corrected chi connectivity index (χ4v) is 15.9. The summed E-state index contributed by atoms with van der Waals surface area (Å²) < 4.78 is 0. The van der Waals surface area contributed by atoms with Crippen LogP contribution in [0.2, 0.25) is 0 Å². The van der Waals surface area contributed by atoms with Gasteiger partial charge in [0.25, 0.3) is 0 Å². The second-order valence-corrected chi connectivity index (χ2v) is 26.7. The Hall–Kier alpha value is -13.9. The normalized spacial score (nSPS) is 11.7. The molecule has 0 radical (unpaired) electrons. The first kappa shape index (κ1) is 60.1. The predicted octanol–water partition coefficient (Wildman–Crippen LogP) is 25.8. The lowest BCUT2D eigenvalue weighted by atomic mass is 9.86. The molecule has 0 fully saturated rings. The van der Waals surface area contributed by atoms with Crippen molar-refractivity contribution in [3.8, 4) is 90.6 Å². The van der Waals surface area contributed by atoms with E-state index in [1.807, 2.05) is 18.2 Å². The van der Waals surface area contributed by atoms with Crippen LogP contribution in [-0.4, -0.2) is 29.9 Å². The molecular formula is C98H60N6. The van der Waals surface area contributed by atoms with Crippen molar-refractivity contribution in [3.63, 3.8) is 0 Å². The molecule has 6 heteroatoms. The zero-order valence-corrected chi connectivity index (χ0v) is 56.3. The van der Waals surface area contributed by atoms with Crippen LogP contribution in [-0.2, 0) is 0 Å². The van der Waals surface area contributed by atoms with Gasteiger partial charge in [-0.25, -0.2) is 29.9 Å². The van der Waals surface area contributed by atoms with Crippen LogP contribution < -0.4 is 0 Å². The second-order valence-electron chi connectivity index (χ2n) is 26.7. The Balaban J connectivity index is 0.000000139. The molecule has 0 aliphatic rings. The van der Waals surface area contributed by atoms with E-state index in [9.17, 15) is 0 Å². The molecule has 104 heavy (non-hydrogen) atoms. The van der Waals surface area contributed by atoms with Gasteiger partial charge in [-0.05, 0) is 165 Å². The minimum Gasteiger partial charge on any atom is -0.208 e. The SMILES string of the molecule is c1ccc(-c2nc(-c3ccc4ccccc4c3)nc(-c3ccccc3-c3cc4c5ccccc5c5ccccc5c4c4ccccc34)n2)cc1.c1ccc2cc(-c3nc(-c4ccc(-c5cc6c7ccccc7c7ccccc7c6c6ccccc56)cc4)nc(-c4cccc5ccccc45)n3)ccc2c1. The minimum atomic E-state index is 0.642. The van der Waals surface area contributed by atoms with Gasteiger partial charge in [0.05, 0.1) is 0 Å². The zero-order valence-electron chi connectivity index (χ0n) is 56.3. The fraction of sp³-hybridized carbons (Fsp3) is 0. The van der Waals surface area contributed by atoms with E-state index in [1.165, 1.54) is 103 Å². The summed E-state index contributed by atoms with van der Waals surface area (Å²) in [4.78, 5) is 30.8. The molecule has 2 heterocycles. The van der Waals surface area contributed by atoms with Crippen LogP contribution >= 0.6 is 0 Å². The highest BCUT2D eigenvalue weighted by atomic mass is 15.0. The zero-order chi connectivity index (χ0) is 68.6. The van der Waals surface area contributed by atoms with Gasteiger partial charge in [0, 0.05) is 33.4 Å². The fourth-order valence-electron chi connectivity index (χ4n) is 15.9. The summed E-state index contributed by atoms with van der Waals surface area (Å²) in [5, 5.41) is 27.1. The van der Waals surface area contributed by atoms with E-state index in [4.69, 9.17) is 29.9 Å². The van der Waals surface area contributed by atoms with E-state index in [-0.39, 0.29) is 0 Å². The lowest BCUT2D eigenvalue weighted by Crippen LogP contribution is -2.01. The third-order valence-corrected chi connectivity index (χ3v) is 20.8. The Morgan fingerprint density at radius 2 is 0.423 bits per heavy atom. The molecule has 19 aromatic carbocycles. The number of fused-ring (bicyclic) bond motifs is 19. The molecule has 0 saturated heterocycles. The van der Waals surface area contributed by atoms with Gasteiger partial charge in [-0.15, -0.1) is 0 Å². The standard InChI is InChI=1S/C51H31N3.C47H29N3/c1-2-14-36-30-37(29-24-32(36)12-1)50-52-49(53-51(54-50)45-23-11-15-33-13-3-4-16-38(33)45)35-27-25-34(26-28-35)46-31-47-41-19-6-5-17-39(41)40-18-7-9-21-43(40)48(47)44-22-10-8-20-42(44)46;1-2-15-31(16-3-1)45-48-46(33-27-26-30-14-4-5-17-32(30)28-33)50-47(49-45)41-25-13-10-22-38(41)42-29-43-36-20-7-6-18-34(36)35-19-8-11-23-39(35)44(43)40-24-12-9-21-37(40)42/h1-31H;1-29H. The molecule has 0 saturated carbocycles. The van der Waals surface area contributed by atoms with E-state index >= 15 is 0 Å². The van der Waals surface area contributed by atoms with Gasteiger partial charge in [-0.1, -0.05) is 340 Å². The molecule has 21 rings (SSSR count). The number of hydrogen-bond donors (Lipinski definition) is 0. The number of benzene rings is 19. The predicted molar refractivity (Wildman–Crippen MR) is 436 cm³/mol. The van der Waals surface area contributed by atoms with Crippen molar-refractivity contribution < 1.29 is 0 Å². The van der Waals surface area contributed by atoms with E-state index < -0.39 is 0 Å². The van der Waals surface area contributed by atoms with Gasteiger partial charge < -0.3 is 0 Å². The van der Waals surface area contributed by atoms with Gasteiger partial charge in [0.15, 0.2) is 34.9 Å². The largest absolute Gasteiger partial charge is 0.208 e. The Morgan fingerprint density at radius 3 is 0.933 bits per heavy atom. The molecule has 482 valence electrons. The maximum Gasteiger partial charge on any atom is 0.164 e. The Kier molecular flexibility index (Phi) is 14.5. The van der Waals surface area contributed by atoms with E-state index in [0.717, 1.165) is 71.6 Å². The average molecular weight is 1320 g/mol. The summed E-state index contributed by atoms with van der Waals surface area (Å²) >= 11 is 0. The number of rotatable bonds is 8. The first-order valence-electron chi connectivity index (χ1n) is 35.3. The van der Waals surface area contributed by atoms with Gasteiger partial charge in [-0.2, -0.15) is 0 Å². The molecule has 0 aliphatic carbocycles. The molecule has 0 N–H and O–H groups in total. The molecule has 0 unspecified atom stereocenters. The van der Waals surface area contributed by atoms with Crippen molar-refractivity contribution in [2.24, 2.45) is 0 Å². The van der Waals surface area contributed by atoms with Crippen LogP contribution in [0, 0.1) is 0 Å². The molecule has 0 spiro atoms. The third kappa shape index (κ3) is 10.3. The molecule has 21 aromatic rings. The molecule has 0 bridgehead atoms. The van der Waals surface area contributed by atoms with Crippen molar-refractivity contribution in [3.05, 3.63) is 364 Å². The Morgan fingerprint density at radius 1 is 0.125 bits per heavy atom. The van der Waals surface area contributed by atoms with E-state index in [0.29, 0.717) is 34.9 Å². The van der Waals surface area contributed by atoms with Crippen molar-refractivity contribution in [1.82, 2.24) is 29.9 Å². The molecule has 6 nitrogen and oxygen atoms in total. The molecule has 0 atom stereocenters. The lowest BCUT2D eigenvalue weighted by molar-refractivity contribution is 1.07. The van der Waals surface area contributed by atoms with E-state index in [2.05, 4.69) is 346 Å². The Labute approximate surface area is 599 Å². The van der Waals surface area contributed by atoms with Gasteiger partial charge in [0.2, 0.25) is 0 Å². The van der Waals surface area contributed by atoms with Crippen LogP contribution in [0.3, 0.4) is 0 Å². The summed E-state index contributed by atoms with van der Waals surface area (Å²) in [6.07, 6.45) is 0. The minimum absolute atomic E-state index is 0.642. The van der Waals surface area contributed by atoms with Crippen molar-refractivity contribution in [2.75, 3.05) is 0 Å². The van der Waals surface area contributed by atoms with Gasteiger partial charge in [0.1, 0.15) is 0 Å². The third-order valence-electron chi connectivity index (χ3n) is 20.8. The van der Waals surface area contributed by atoms with Gasteiger partial charge >= 0.3 is 0 Å². The summed E-state index contributed by atoms with van der Waals surface area (Å²) in [5.41, 5.74) is 10.3. The van der Waals surface area contributed by atoms with Crippen LogP contribution in [0.5, 0.6) is 0 Å². The van der Waals surface area contributed by atoms with Crippen molar-refractivity contribution in [2.45, 2.75) is 0 Å². The molecule has 0 amide bonds. The van der Waals surface area contributed by atoms with Crippen LogP contribution in [0.4, 0.5) is 0 Å². The number of nitrogens with zero attached hydrogens (tertiary/aromatic N) is 6. The van der Waals surface area contributed by atoms with Crippen molar-refractivity contribution >= 4 is 118 Å². The monoisotopic (exact) mass is 1320 g/mol. The highest BCUT2D eigenvalue weighted by Crippen LogP contribution is 2.47. The Bertz CT molecular complexity index is 7040. The number of hydrogen-bond acceptors (Lipinski definition) is 6. The van der Waals surface area contributed by atoms with Crippen molar-refractivity contribution in [1.29, 1.82) is 0 Å². The van der Waals surface area contributed by atoms with Crippen LogP contribution in [0.25, 0.3) is 209 Å². The highest BCUT2D eigenvalue weighted by Gasteiger charge is 2.22. The van der Waals surface area contributed by atoms with Gasteiger partial charge in [-0.3, -0.25) is 0 Å². The average Bonchev–Trinajstić information content (AvgIpc) is 0.725. The maximum absolute atomic E-state index is 5.20. The molecule has 0 aliphatic heterocycles. The first-order valence-corrected chi connectivity index (χ1v) is 35.3. The van der Waals surface area contributed by atoms with Crippen LogP contribution in [0.1, 0.15) is 0 Å². The topological polar surface area (TPSA) is 77.3 Å². The highest BCUT2D eigenvalue weighted by molar-refractivity contribution is 6.34. The lowest BCUT2D eigenvalue weighted by Gasteiger charge is -2.18. The maximum atomic E-state index is 5.20. The molecular weight excluding hydrogens is 1260 g/mol. The summed E-state index contributed by atoms with van der Waals surface area (Å²) in [5.74, 6) is 3.89. The summed E-state index contributed by atoms with van der Waals surface area (Å²) in [6.45, 7) is 0. The summed E-state index contributed by atoms with van der Waals surface area (Å²) in [7, 11) is 0. The number of aromatic nitrogens is 6. The smallest absolute Gasteiger partial charge is 0.164 e.